The quantitative estimate of drug-likeness (QED) is 0.824. The normalized spacial score (nSPS) is 10.1. The topological polar surface area (TPSA) is 57.6 Å². The van der Waals surface area contributed by atoms with E-state index in [1.807, 2.05) is 6.07 Å². The highest BCUT2D eigenvalue weighted by atomic mass is 35.5. The minimum absolute atomic E-state index is 0.379. The fourth-order valence-electron chi connectivity index (χ4n) is 1.15. The van der Waals surface area contributed by atoms with Crippen molar-refractivity contribution in [2.24, 2.45) is 0 Å². The number of nitrogens with zero attached hydrogens (tertiary/aromatic N) is 1. The Bertz CT molecular complexity index is 391. The Kier molecular flexibility index (Phi) is 4.76. The molecule has 1 N–H and O–H groups in total. The van der Waals surface area contributed by atoms with Gasteiger partial charge in [-0.25, -0.2) is 0 Å². The maximum Gasteiger partial charge on any atom is 0.312 e. The zero-order valence-corrected chi connectivity index (χ0v) is 10.3. The third-order valence-corrected chi connectivity index (χ3v) is 3.34. The van der Waals surface area contributed by atoms with Gasteiger partial charge in [-0.2, -0.15) is 0 Å². The van der Waals surface area contributed by atoms with Gasteiger partial charge in [0, 0.05) is 18.5 Å². The summed E-state index contributed by atoms with van der Waals surface area (Å²) in [6, 6.07) is 3.71. The van der Waals surface area contributed by atoms with E-state index in [0.29, 0.717) is 13.0 Å². The smallest absolute Gasteiger partial charge is 0.312 e. The maximum atomic E-state index is 11.3. The van der Waals surface area contributed by atoms with E-state index < -0.39 is 12.4 Å². The van der Waals surface area contributed by atoms with Gasteiger partial charge in [0.25, 0.3) is 0 Å². The molecule has 1 heterocycles. The number of hydrogen-bond donors (Lipinski definition) is 1. The minimum Gasteiger partial charge on any atom is -0.481 e. The van der Waals surface area contributed by atoms with E-state index >= 15 is 0 Å². The van der Waals surface area contributed by atoms with Gasteiger partial charge in [-0.1, -0.05) is 11.6 Å². The highest BCUT2D eigenvalue weighted by Crippen LogP contribution is 2.21. The summed E-state index contributed by atoms with van der Waals surface area (Å²) in [7, 11) is 1.60. The lowest BCUT2D eigenvalue weighted by atomic mass is 10.3. The number of aliphatic carboxylic acids is 1. The molecule has 0 aliphatic heterocycles. The van der Waals surface area contributed by atoms with Crippen LogP contribution >= 0.6 is 22.9 Å². The van der Waals surface area contributed by atoms with Crippen LogP contribution in [0, 0.1) is 0 Å². The van der Waals surface area contributed by atoms with Crippen LogP contribution in [-0.4, -0.2) is 35.5 Å². The molecule has 1 aromatic heterocycles. The predicted molar refractivity (Wildman–Crippen MR) is 62.9 cm³/mol. The molecule has 0 fully saturated rings. The van der Waals surface area contributed by atoms with Crippen LogP contribution in [0.3, 0.4) is 0 Å². The Morgan fingerprint density at radius 2 is 2.19 bits per heavy atom. The Morgan fingerprint density at radius 3 is 2.69 bits per heavy atom. The van der Waals surface area contributed by atoms with Crippen LogP contribution in [0.1, 0.15) is 11.3 Å². The first-order chi connectivity index (χ1) is 7.49. The van der Waals surface area contributed by atoms with Crippen molar-refractivity contribution in [3.63, 3.8) is 0 Å². The monoisotopic (exact) mass is 261 g/mol. The van der Waals surface area contributed by atoms with Gasteiger partial charge in [0.05, 0.1) is 4.34 Å². The van der Waals surface area contributed by atoms with Gasteiger partial charge in [-0.3, -0.25) is 9.59 Å². The van der Waals surface area contributed by atoms with Crippen LogP contribution in [0.15, 0.2) is 12.1 Å². The first-order valence-electron chi connectivity index (χ1n) is 4.69. The summed E-state index contributed by atoms with van der Waals surface area (Å²) < 4.78 is 0.717. The number of thiophene rings is 1. The number of carboxylic acid groups (broad SMARTS) is 1. The summed E-state index contributed by atoms with van der Waals surface area (Å²) in [5.74, 6) is -1.48. The molecule has 16 heavy (non-hydrogen) atoms. The van der Waals surface area contributed by atoms with Crippen LogP contribution in [0.5, 0.6) is 0 Å². The number of carbonyl (C=O) groups is 2. The summed E-state index contributed by atoms with van der Waals surface area (Å²) in [6.45, 7) is 0.503. The number of halogens is 1. The van der Waals surface area contributed by atoms with Crippen molar-refractivity contribution in [2.75, 3.05) is 13.6 Å². The number of amides is 1. The zero-order chi connectivity index (χ0) is 12.1. The molecule has 0 radical (unpaired) electrons. The molecule has 88 valence electrons. The van der Waals surface area contributed by atoms with Gasteiger partial charge in [-0.15, -0.1) is 11.3 Å². The van der Waals surface area contributed by atoms with Gasteiger partial charge in [0.1, 0.15) is 6.42 Å². The lowest BCUT2D eigenvalue weighted by Crippen LogP contribution is -2.30. The second-order valence-corrected chi connectivity index (χ2v) is 5.14. The van der Waals surface area contributed by atoms with Crippen molar-refractivity contribution in [1.29, 1.82) is 0 Å². The largest absolute Gasteiger partial charge is 0.481 e. The van der Waals surface area contributed by atoms with Crippen LogP contribution in [-0.2, 0) is 16.0 Å². The van der Waals surface area contributed by atoms with E-state index in [4.69, 9.17) is 16.7 Å². The van der Waals surface area contributed by atoms with Crippen molar-refractivity contribution in [2.45, 2.75) is 12.8 Å². The molecule has 1 rings (SSSR count). The van der Waals surface area contributed by atoms with Crippen LogP contribution in [0.25, 0.3) is 0 Å². The second-order valence-electron chi connectivity index (χ2n) is 3.34. The fraction of sp³-hybridized carbons (Fsp3) is 0.400. The third-order valence-electron chi connectivity index (χ3n) is 2.05. The Morgan fingerprint density at radius 1 is 1.50 bits per heavy atom. The molecule has 0 aromatic carbocycles. The summed E-state index contributed by atoms with van der Waals surface area (Å²) in [5, 5.41) is 8.46. The number of hydrogen-bond acceptors (Lipinski definition) is 3. The van der Waals surface area contributed by atoms with E-state index in [2.05, 4.69) is 0 Å². The summed E-state index contributed by atoms with van der Waals surface area (Å²) in [6.07, 6.45) is 0.237. The Balaban J connectivity index is 2.37. The average Bonchev–Trinajstić information content (AvgIpc) is 2.59. The standard InChI is InChI=1S/C10H12ClNO3S/c1-12(9(13)6-10(14)15)5-4-7-2-3-8(11)16-7/h2-3H,4-6H2,1H3,(H,14,15). The van der Waals surface area contributed by atoms with Crippen LogP contribution < -0.4 is 0 Å². The average molecular weight is 262 g/mol. The van der Waals surface area contributed by atoms with Crippen molar-refractivity contribution in [1.82, 2.24) is 4.90 Å². The Labute approximate surface area is 102 Å². The molecule has 0 saturated carbocycles. The first kappa shape index (κ1) is 13.0. The lowest BCUT2D eigenvalue weighted by molar-refractivity contribution is -0.143. The molecule has 1 aromatic rings. The molecule has 0 aliphatic rings. The van der Waals surface area contributed by atoms with Gasteiger partial charge in [-0.05, 0) is 18.6 Å². The van der Waals surface area contributed by atoms with Crippen molar-refractivity contribution >= 4 is 34.8 Å². The third kappa shape index (κ3) is 4.20. The highest BCUT2D eigenvalue weighted by molar-refractivity contribution is 7.16. The first-order valence-corrected chi connectivity index (χ1v) is 5.88. The van der Waals surface area contributed by atoms with Crippen molar-refractivity contribution < 1.29 is 14.7 Å². The number of carboxylic acids is 1. The van der Waals surface area contributed by atoms with Gasteiger partial charge in [0.2, 0.25) is 5.91 Å². The molecule has 0 saturated heterocycles. The van der Waals surface area contributed by atoms with Gasteiger partial charge >= 0.3 is 5.97 Å². The molecular weight excluding hydrogens is 250 g/mol. The molecular formula is C10H12ClNO3S. The fourth-order valence-corrected chi connectivity index (χ4v) is 2.23. The molecule has 0 atom stereocenters. The highest BCUT2D eigenvalue weighted by Gasteiger charge is 2.12. The zero-order valence-electron chi connectivity index (χ0n) is 8.77. The Hall–Kier alpha value is -1.07. The van der Waals surface area contributed by atoms with E-state index in [1.165, 1.54) is 16.2 Å². The second kappa shape index (κ2) is 5.86. The van der Waals surface area contributed by atoms with E-state index in [0.717, 1.165) is 9.21 Å². The summed E-state index contributed by atoms with van der Waals surface area (Å²) in [5.41, 5.74) is 0. The maximum absolute atomic E-state index is 11.3. The predicted octanol–water partition coefficient (Wildman–Crippen LogP) is 1.88. The number of carbonyl (C=O) groups excluding carboxylic acids is 1. The lowest BCUT2D eigenvalue weighted by Gasteiger charge is -2.15. The molecule has 6 heteroatoms. The van der Waals surface area contributed by atoms with Crippen LogP contribution in [0.4, 0.5) is 0 Å². The van der Waals surface area contributed by atoms with Crippen molar-refractivity contribution in [3.05, 3.63) is 21.3 Å². The number of likely N-dealkylation sites (N-methyl/N-ethyl adjacent to an activating group) is 1. The molecule has 4 nitrogen and oxygen atoms in total. The number of rotatable bonds is 5. The minimum atomic E-state index is -1.10. The SMILES string of the molecule is CN(CCc1ccc(Cl)s1)C(=O)CC(=O)O. The van der Waals surface area contributed by atoms with Crippen LogP contribution in [0.2, 0.25) is 4.34 Å². The molecule has 0 bridgehead atoms. The van der Waals surface area contributed by atoms with E-state index in [1.54, 1.807) is 13.1 Å². The molecule has 0 aliphatic carbocycles. The molecule has 0 spiro atoms. The van der Waals surface area contributed by atoms with Gasteiger partial charge < -0.3 is 10.0 Å². The van der Waals surface area contributed by atoms with Crippen molar-refractivity contribution in [3.8, 4) is 0 Å². The molecule has 0 unspecified atom stereocenters. The molecule has 1 amide bonds. The summed E-state index contributed by atoms with van der Waals surface area (Å²) in [4.78, 5) is 24.1. The summed E-state index contributed by atoms with van der Waals surface area (Å²) >= 11 is 7.23. The van der Waals surface area contributed by atoms with E-state index in [9.17, 15) is 9.59 Å². The van der Waals surface area contributed by atoms with E-state index in [-0.39, 0.29) is 5.91 Å². The van der Waals surface area contributed by atoms with Gasteiger partial charge in [0.15, 0.2) is 0 Å².